The van der Waals surface area contributed by atoms with Crippen molar-refractivity contribution in [1.29, 1.82) is 5.26 Å². The summed E-state index contributed by atoms with van der Waals surface area (Å²) in [5.41, 5.74) is 1.25. The smallest absolute Gasteiger partial charge is 0.300 e. The Labute approximate surface area is 212 Å². The van der Waals surface area contributed by atoms with Crippen molar-refractivity contribution in [2.45, 2.75) is 6.04 Å². The van der Waals surface area contributed by atoms with Crippen LogP contribution in [0.2, 0.25) is 5.02 Å². The molecule has 4 rings (SSSR count). The molecule has 0 aromatic heterocycles. The lowest BCUT2D eigenvalue weighted by Gasteiger charge is -2.26. The molecule has 1 aliphatic rings. The number of Topliss-reactive ketones (excluding diaryl/α,β-unsaturated/α-hetero) is 1. The van der Waals surface area contributed by atoms with Crippen LogP contribution in [0, 0.1) is 11.3 Å². The second kappa shape index (κ2) is 10.0. The number of carbonyl (C=O) groups is 2. The van der Waals surface area contributed by atoms with Gasteiger partial charge in [-0.15, -0.1) is 0 Å². The lowest BCUT2D eigenvalue weighted by molar-refractivity contribution is -0.132. The van der Waals surface area contributed by atoms with Crippen LogP contribution in [0.4, 0.5) is 5.69 Å². The molecule has 1 heterocycles. The van der Waals surface area contributed by atoms with Crippen LogP contribution < -0.4 is 19.1 Å². The van der Waals surface area contributed by atoms with Gasteiger partial charge < -0.3 is 19.3 Å². The normalized spacial score (nSPS) is 16.5. The Balaban J connectivity index is 2.00. The molecule has 3 aromatic rings. The van der Waals surface area contributed by atoms with Crippen molar-refractivity contribution in [3.05, 3.63) is 87.9 Å². The first-order valence-electron chi connectivity index (χ1n) is 10.7. The lowest BCUT2D eigenvalue weighted by atomic mass is 9.94. The third-order valence-electron chi connectivity index (χ3n) is 5.86. The number of ketones is 1. The number of halogens is 1. The molecule has 0 bridgehead atoms. The number of carbonyl (C=O) groups excluding carboxylic acids is 2. The summed E-state index contributed by atoms with van der Waals surface area (Å²) in [6.07, 6.45) is 0. The van der Waals surface area contributed by atoms with Crippen LogP contribution in [-0.4, -0.2) is 38.1 Å². The van der Waals surface area contributed by atoms with Crippen LogP contribution in [0.15, 0.2) is 66.2 Å². The first kappa shape index (κ1) is 24.6. The number of ether oxygens (including phenoxy) is 3. The van der Waals surface area contributed by atoms with Crippen LogP contribution in [0.25, 0.3) is 5.76 Å². The van der Waals surface area contributed by atoms with Gasteiger partial charge in [0.15, 0.2) is 11.5 Å². The lowest BCUT2D eigenvalue weighted by Crippen LogP contribution is -2.29. The predicted octanol–water partition coefficient (Wildman–Crippen LogP) is 4.86. The van der Waals surface area contributed by atoms with Gasteiger partial charge in [-0.1, -0.05) is 17.7 Å². The summed E-state index contributed by atoms with van der Waals surface area (Å²) in [7, 11) is 4.38. The Morgan fingerprint density at radius 2 is 1.56 bits per heavy atom. The minimum Gasteiger partial charge on any atom is -0.507 e. The summed E-state index contributed by atoms with van der Waals surface area (Å²) < 4.78 is 16.1. The van der Waals surface area contributed by atoms with Gasteiger partial charge in [-0.2, -0.15) is 5.26 Å². The molecule has 0 spiro atoms. The van der Waals surface area contributed by atoms with Gasteiger partial charge >= 0.3 is 0 Å². The number of amides is 1. The van der Waals surface area contributed by atoms with Gasteiger partial charge in [-0.05, 0) is 60.2 Å². The first-order valence-corrected chi connectivity index (χ1v) is 11.1. The van der Waals surface area contributed by atoms with E-state index in [9.17, 15) is 14.7 Å². The molecule has 1 amide bonds. The molecule has 9 heteroatoms. The second-order valence-electron chi connectivity index (χ2n) is 7.79. The topological polar surface area (TPSA) is 109 Å². The first-order chi connectivity index (χ1) is 17.3. The highest BCUT2D eigenvalue weighted by Crippen LogP contribution is 2.45. The number of nitrogens with zero attached hydrogens (tertiary/aromatic N) is 2. The number of hydrogen-bond donors (Lipinski definition) is 1. The highest BCUT2D eigenvalue weighted by atomic mass is 35.5. The zero-order valence-electron chi connectivity index (χ0n) is 19.6. The molecule has 0 radical (unpaired) electrons. The van der Waals surface area contributed by atoms with Crippen LogP contribution >= 0.6 is 11.6 Å². The number of methoxy groups -OCH3 is 3. The highest BCUT2D eigenvalue weighted by Gasteiger charge is 2.47. The van der Waals surface area contributed by atoms with E-state index in [2.05, 4.69) is 0 Å². The van der Waals surface area contributed by atoms with E-state index in [1.807, 2.05) is 6.07 Å². The van der Waals surface area contributed by atoms with Crippen molar-refractivity contribution in [2.75, 3.05) is 26.2 Å². The minimum absolute atomic E-state index is 0.155. The van der Waals surface area contributed by atoms with E-state index in [0.717, 1.165) is 0 Å². The fourth-order valence-electron chi connectivity index (χ4n) is 4.14. The molecular formula is C27H21ClN2O6. The van der Waals surface area contributed by atoms with Crippen molar-refractivity contribution in [3.8, 4) is 23.3 Å². The molecule has 1 aliphatic heterocycles. The maximum Gasteiger partial charge on any atom is 0.300 e. The van der Waals surface area contributed by atoms with Gasteiger partial charge in [0.05, 0.1) is 50.1 Å². The van der Waals surface area contributed by atoms with E-state index < -0.39 is 23.5 Å². The Morgan fingerprint density at radius 3 is 2.17 bits per heavy atom. The van der Waals surface area contributed by atoms with Gasteiger partial charge in [-0.25, -0.2) is 0 Å². The molecule has 0 aliphatic carbocycles. The fourth-order valence-corrected chi connectivity index (χ4v) is 4.32. The Bertz CT molecular complexity index is 1430. The van der Waals surface area contributed by atoms with Gasteiger partial charge in [0, 0.05) is 10.7 Å². The van der Waals surface area contributed by atoms with Crippen molar-refractivity contribution in [2.24, 2.45) is 0 Å². The molecule has 1 N–H and O–H groups in total. The van der Waals surface area contributed by atoms with E-state index >= 15 is 0 Å². The Morgan fingerprint density at radius 1 is 0.917 bits per heavy atom. The molecule has 8 nitrogen and oxygen atoms in total. The summed E-state index contributed by atoms with van der Waals surface area (Å²) in [6.45, 7) is 0. The number of hydrogen-bond acceptors (Lipinski definition) is 7. The summed E-state index contributed by atoms with van der Waals surface area (Å²) in [5, 5.41) is 20.9. The summed E-state index contributed by atoms with van der Waals surface area (Å²) in [5.74, 6) is -1.08. The maximum absolute atomic E-state index is 13.4. The Hall–Kier alpha value is -4.48. The summed E-state index contributed by atoms with van der Waals surface area (Å²) in [4.78, 5) is 28.0. The van der Waals surface area contributed by atoms with Crippen LogP contribution in [0.5, 0.6) is 17.2 Å². The van der Waals surface area contributed by atoms with Crippen molar-refractivity contribution >= 4 is 34.7 Å². The number of aliphatic hydroxyl groups excluding tert-OH is 1. The largest absolute Gasteiger partial charge is 0.507 e. The minimum atomic E-state index is -1.03. The van der Waals surface area contributed by atoms with Crippen LogP contribution in [0.1, 0.15) is 22.7 Å². The van der Waals surface area contributed by atoms with Gasteiger partial charge in [0.2, 0.25) is 0 Å². The molecule has 1 saturated heterocycles. The molecule has 1 fully saturated rings. The maximum atomic E-state index is 13.4. The number of benzene rings is 3. The molecule has 36 heavy (non-hydrogen) atoms. The summed E-state index contributed by atoms with van der Waals surface area (Å²) >= 11 is 6.16. The highest BCUT2D eigenvalue weighted by molar-refractivity contribution is 6.51. The zero-order valence-corrected chi connectivity index (χ0v) is 20.4. The van der Waals surface area contributed by atoms with Crippen molar-refractivity contribution in [1.82, 2.24) is 0 Å². The third kappa shape index (κ3) is 4.21. The standard InChI is InChI=1S/C27H21ClN2O6/c1-34-20-11-7-17(28)13-19(20)25(31)23-24(16-6-10-21(35-2)22(12-16)36-3)30(27(33)26(23)32)18-8-4-15(14-29)5-9-18/h4-13,24,31H,1-3H3/b25-23+. The van der Waals surface area contributed by atoms with Crippen LogP contribution in [0.3, 0.4) is 0 Å². The average Bonchev–Trinajstić information content (AvgIpc) is 3.17. The molecule has 1 unspecified atom stereocenters. The van der Waals surface area contributed by atoms with Gasteiger partial charge in [-0.3, -0.25) is 14.5 Å². The van der Waals surface area contributed by atoms with E-state index in [1.165, 1.54) is 32.3 Å². The molecule has 182 valence electrons. The van der Waals surface area contributed by atoms with Gasteiger partial charge in [0.25, 0.3) is 11.7 Å². The SMILES string of the molecule is COc1ccc(C2/C(=C(\O)c3cc(Cl)ccc3OC)C(=O)C(=O)N2c2ccc(C#N)cc2)cc1OC. The van der Waals surface area contributed by atoms with E-state index in [-0.39, 0.29) is 16.9 Å². The quantitative estimate of drug-likeness (QED) is 0.290. The Kier molecular flexibility index (Phi) is 6.86. The number of rotatable bonds is 6. The number of anilines is 1. The monoisotopic (exact) mass is 504 g/mol. The van der Waals surface area contributed by atoms with Crippen molar-refractivity contribution < 1.29 is 28.9 Å². The second-order valence-corrected chi connectivity index (χ2v) is 8.22. The van der Waals surface area contributed by atoms with Crippen molar-refractivity contribution in [3.63, 3.8) is 0 Å². The number of nitriles is 1. The van der Waals surface area contributed by atoms with E-state index in [0.29, 0.717) is 33.3 Å². The average molecular weight is 505 g/mol. The van der Waals surface area contributed by atoms with Gasteiger partial charge in [0.1, 0.15) is 11.5 Å². The predicted molar refractivity (Wildman–Crippen MR) is 133 cm³/mol. The molecular weight excluding hydrogens is 484 g/mol. The van der Waals surface area contributed by atoms with E-state index in [1.54, 1.807) is 54.6 Å². The van der Waals surface area contributed by atoms with E-state index in [4.69, 9.17) is 31.1 Å². The number of aliphatic hydroxyl groups is 1. The zero-order chi connectivity index (χ0) is 26.0. The fraction of sp³-hybridized carbons (Fsp3) is 0.148. The molecule has 0 saturated carbocycles. The summed E-state index contributed by atoms with van der Waals surface area (Å²) in [6, 6.07) is 16.8. The molecule has 1 atom stereocenters. The molecule has 3 aromatic carbocycles. The van der Waals surface area contributed by atoms with Crippen LogP contribution in [-0.2, 0) is 9.59 Å². The third-order valence-corrected chi connectivity index (χ3v) is 6.09.